The van der Waals surface area contributed by atoms with Gasteiger partial charge in [0.2, 0.25) is 11.8 Å². The van der Waals surface area contributed by atoms with E-state index in [4.69, 9.17) is 5.73 Å². The summed E-state index contributed by atoms with van der Waals surface area (Å²) in [5.41, 5.74) is 7.31. The lowest BCUT2D eigenvalue weighted by Gasteiger charge is -2.45. The van der Waals surface area contributed by atoms with Gasteiger partial charge in [-0.1, -0.05) is 24.6 Å². The Bertz CT molecular complexity index is 684. The molecule has 1 aliphatic heterocycles. The van der Waals surface area contributed by atoms with E-state index in [1.165, 1.54) is 6.42 Å². The maximum Gasteiger partial charge on any atom is 0.249 e. The van der Waals surface area contributed by atoms with Crippen LogP contribution in [-0.2, 0) is 9.59 Å². The van der Waals surface area contributed by atoms with Gasteiger partial charge in [0.1, 0.15) is 6.04 Å². The zero-order valence-corrected chi connectivity index (χ0v) is 17.4. The molecule has 2 amide bonds. The minimum atomic E-state index is -0.345. The Balaban J connectivity index is 0.00000225. The SMILES string of the molecule is CN(C(=O)C1CC2CCCC(C1)C2N)C1CCCN(c2ccccc2)C1=O.Cl. The monoisotopic (exact) mass is 405 g/mol. The summed E-state index contributed by atoms with van der Waals surface area (Å²) < 4.78 is 0. The first kappa shape index (κ1) is 21.1. The summed E-state index contributed by atoms with van der Waals surface area (Å²) in [6, 6.07) is 9.70. The normalized spacial score (nSPS) is 32.4. The summed E-state index contributed by atoms with van der Waals surface area (Å²) in [4.78, 5) is 29.9. The van der Waals surface area contributed by atoms with Crippen molar-refractivity contribution in [3.05, 3.63) is 30.3 Å². The fourth-order valence-electron chi connectivity index (χ4n) is 5.51. The Morgan fingerprint density at radius 3 is 2.36 bits per heavy atom. The lowest BCUT2D eigenvalue weighted by molar-refractivity contribution is -0.144. The van der Waals surface area contributed by atoms with E-state index in [0.717, 1.165) is 50.8 Å². The van der Waals surface area contributed by atoms with Crippen molar-refractivity contribution in [1.82, 2.24) is 4.90 Å². The number of likely N-dealkylation sites (N-methyl/N-ethyl adjacent to an activating group) is 1. The third-order valence-electron chi connectivity index (χ3n) is 7.06. The van der Waals surface area contributed by atoms with Gasteiger partial charge >= 0.3 is 0 Å². The van der Waals surface area contributed by atoms with E-state index in [1.54, 1.807) is 4.90 Å². The second kappa shape index (κ2) is 8.83. The Labute approximate surface area is 174 Å². The van der Waals surface area contributed by atoms with Crippen molar-refractivity contribution in [1.29, 1.82) is 0 Å². The van der Waals surface area contributed by atoms with Crippen molar-refractivity contribution < 1.29 is 9.59 Å². The van der Waals surface area contributed by atoms with Gasteiger partial charge in [-0.3, -0.25) is 9.59 Å². The number of piperidine rings is 1. The summed E-state index contributed by atoms with van der Waals surface area (Å²) in [6.45, 7) is 0.726. The Morgan fingerprint density at radius 1 is 1.07 bits per heavy atom. The fourth-order valence-corrected chi connectivity index (χ4v) is 5.51. The maximum absolute atomic E-state index is 13.2. The van der Waals surface area contributed by atoms with Crippen LogP contribution >= 0.6 is 12.4 Å². The number of para-hydroxylation sites is 1. The molecule has 3 atom stereocenters. The maximum atomic E-state index is 13.2. The molecule has 2 bridgehead atoms. The third kappa shape index (κ3) is 3.92. The highest BCUT2D eigenvalue weighted by molar-refractivity contribution is 6.00. The van der Waals surface area contributed by atoms with Crippen LogP contribution in [0.3, 0.4) is 0 Å². The first-order valence-corrected chi connectivity index (χ1v) is 10.4. The zero-order valence-electron chi connectivity index (χ0n) is 16.6. The first-order valence-electron chi connectivity index (χ1n) is 10.4. The molecule has 2 aliphatic carbocycles. The number of halogens is 1. The van der Waals surface area contributed by atoms with Crippen LogP contribution in [0.2, 0.25) is 0 Å². The highest BCUT2D eigenvalue weighted by Gasteiger charge is 2.43. The van der Waals surface area contributed by atoms with Crippen molar-refractivity contribution in [3.8, 4) is 0 Å². The van der Waals surface area contributed by atoms with Gasteiger partial charge in [0, 0.05) is 31.2 Å². The second-order valence-corrected chi connectivity index (χ2v) is 8.63. The number of nitrogens with two attached hydrogens (primary N) is 1. The lowest BCUT2D eigenvalue weighted by atomic mass is 9.65. The smallest absolute Gasteiger partial charge is 0.249 e. The number of carbonyl (C=O) groups excluding carboxylic acids is 2. The minimum absolute atomic E-state index is 0. The molecule has 0 radical (unpaired) electrons. The Morgan fingerprint density at radius 2 is 1.71 bits per heavy atom. The quantitative estimate of drug-likeness (QED) is 0.839. The van der Waals surface area contributed by atoms with Crippen LogP contribution in [0, 0.1) is 17.8 Å². The molecule has 5 nitrogen and oxygen atoms in total. The van der Waals surface area contributed by atoms with E-state index in [0.29, 0.717) is 11.8 Å². The van der Waals surface area contributed by atoms with Gasteiger partial charge in [-0.15, -0.1) is 12.4 Å². The largest absolute Gasteiger partial charge is 0.333 e. The second-order valence-electron chi connectivity index (χ2n) is 8.63. The number of nitrogens with zero attached hydrogens (tertiary/aromatic N) is 2. The van der Waals surface area contributed by atoms with Crippen molar-refractivity contribution in [2.45, 2.75) is 57.0 Å². The number of hydrogen-bond acceptors (Lipinski definition) is 3. The van der Waals surface area contributed by atoms with Crippen LogP contribution in [0.4, 0.5) is 5.69 Å². The highest BCUT2D eigenvalue weighted by Crippen LogP contribution is 2.42. The number of carbonyl (C=O) groups is 2. The van der Waals surface area contributed by atoms with Gasteiger partial charge < -0.3 is 15.5 Å². The van der Waals surface area contributed by atoms with Gasteiger partial charge in [-0.2, -0.15) is 0 Å². The number of hydrogen-bond donors (Lipinski definition) is 1. The zero-order chi connectivity index (χ0) is 19.0. The molecule has 2 N–H and O–H groups in total. The van der Waals surface area contributed by atoms with Crippen molar-refractivity contribution in [3.63, 3.8) is 0 Å². The number of fused-ring (bicyclic) bond motifs is 2. The van der Waals surface area contributed by atoms with Gasteiger partial charge in [-0.05, 0) is 62.5 Å². The van der Waals surface area contributed by atoms with Gasteiger partial charge in [-0.25, -0.2) is 0 Å². The molecule has 3 aliphatic rings. The van der Waals surface area contributed by atoms with Crippen molar-refractivity contribution in [2.75, 3.05) is 18.5 Å². The standard InChI is InChI=1S/C22H31N3O2.ClH/c1-24(21(26)17-13-15-7-5-8-16(14-17)20(15)23)19-11-6-12-25(22(19)27)18-9-3-2-4-10-18;/h2-4,9-10,15-17,19-20H,5-8,11-14,23H2,1H3;1H. The summed E-state index contributed by atoms with van der Waals surface area (Å²) in [5, 5.41) is 0. The molecule has 1 saturated heterocycles. The fraction of sp³-hybridized carbons (Fsp3) is 0.636. The molecule has 3 fully saturated rings. The van der Waals surface area contributed by atoms with E-state index in [-0.39, 0.29) is 42.2 Å². The lowest BCUT2D eigenvalue weighted by Crippen LogP contribution is -2.55. The van der Waals surface area contributed by atoms with Gasteiger partial charge in [0.15, 0.2) is 0 Å². The van der Waals surface area contributed by atoms with E-state index >= 15 is 0 Å². The molecule has 0 spiro atoms. The molecular formula is C22H32ClN3O2. The average molecular weight is 406 g/mol. The van der Waals surface area contributed by atoms with Crippen LogP contribution in [0.15, 0.2) is 30.3 Å². The molecule has 0 aromatic heterocycles. The molecule has 154 valence electrons. The van der Waals surface area contributed by atoms with Crippen LogP contribution < -0.4 is 10.6 Å². The predicted molar refractivity (Wildman–Crippen MR) is 113 cm³/mol. The summed E-state index contributed by atoms with van der Waals surface area (Å²) in [6.07, 6.45) is 7.00. The minimum Gasteiger partial charge on any atom is -0.333 e. The molecule has 1 aromatic rings. The summed E-state index contributed by atoms with van der Waals surface area (Å²) >= 11 is 0. The first-order chi connectivity index (χ1) is 13.1. The van der Waals surface area contributed by atoms with Crippen LogP contribution in [0.25, 0.3) is 0 Å². The molecule has 4 rings (SSSR count). The summed E-state index contributed by atoms with van der Waals surface area (Å²) in [5.74, 6) is 1.18. The average Bonchev–Trinajstić information content (AvgIpc) is 2.67. The predicted octanol–water partition coefficient (Wildman–Crippen LogP) is 3.22. The Kier molecular flexibility index (Phi) is 6.66. The molecule has 6 heteroatoms. The number of rotatable bonds is 3. The number of amides is 2. The molecule has 28 heavy (non-hydrogen) atoms. The molecular weight excluding hydrogens is 374 g/mol. The highest BCUT2D eigenvalue weighted by atomic mass is 35.5. The van der Waals surface area contributed by atoms with E-state index in [1.807, 2.05) is 42.3 Å². The van der Waals surface area contributed by atoms with Crippen LogP contribution in [-0.4, -0.2) is 42.4 Å². The number of anilines is 1. The number of benzene rings is 1. The van der Waals surface area contributed by atoms with Crippen molar-refractivity contribution >= 4 is 29.9 Å². The van der Waals surface area contributed by atoms with Gasteiger partial charge in [0.05, 0.1) is 0 Å². The summed E-state index contributed by atoms with van der Waals surface area (Å²) in [7, 11) is 1.82. The van der Waals surface area contributed by atoms with Crippen molar-refractivity contribution in [2.24, 2.45) is 23.5 Å². The van der Waals surface area contributed by atoms with E-state index in [2.05, 4.69) is 0 Å². The van der Waals surface area contributed by atoms with Gasteiger partial charge in [0.25, 0.3) is 0 Å². The van der Waals surface area contributed by atoms with Crippen LogP contribution in [0.5, 0.6) is 0 Å². The molecule has 3 unspecified atom stereocenters. The topological polar surface area (TPSA) is 66.6 Å². The van der Waals surface area contributed by atoms with E-state index in [9.17, 15) is 9.59 Å². The Hall–Kier alpha value is -1.59. The molecule has 2 saturated carbocycles. The third-order valence-corrected chi connectivity index (χ3v) is 7.06. The van der Waals surface area contributed by atoms with E-state index < -0.39 is 0 Å². The van der Waals surface area contributed by atoms with Crippen LogP contribution in [0.1, 0.15) is 44.9 Å². The molecule has 1 heterocycles. The molecule has 1 aromatic carbocycles.